The van der Waals surface area contributed by atoms with Gasteiger partial charge in [0.05, 0.1) is 23.1 Å². The number of aryl methyl sites for hydroxylation is 1. The highest BCUT2D eigenvalue weighted by Gasteiger charge is 2.30. The Morgan fingerprint density at radius 1 is 1.14 bits per heavy atom. The van der Waals surface area contributed by atoms with Crippen LogP contribution in [0.5, 0.6) is 0 Å². The molecular weight excluding hydrogens is 293 g/mol. The van der Waals surface area contributed by atoms with Crippen LogP contribution in [0.2, 0.25) is 0 Å². The van der Waals surface area contributed by atoms with Crippen LogP contribution in [0, 0.1) is 6.92 Å². The van der Waals surface area contributed by atoms with Crippen molar-refractivity contribution >= 4 is 11.0 Å². The summed E-state index contributed by atoms with van der Waals surface area (Å²) in [6.45, 7) is 1.98. The number of hydrogen-bond donors (Lipinski definition) is 1. The highest BCUT2D eigenvalue weighted by Crippen LogP contribution is 2.29. The maximum atomic E-state index is 12.8. The molecule has 0 spiro atoms. The Balaban J connectivity index is 2.05. The number of nitrogens with zero attached hydrogens (tertiary/aromatic N) is 1. The van der Waals surface area contributed by atoms with Crippen molar-refractivity contribution in [3.63, 3.8) is 0 Å². The van der Waals surface area contributed by atoms with Gasteiger partial charge in [0.1, 0.15) is 0 Å². The third-order valence-electron chi connectivity index (χ3n) is 3.53. The highest BCUT2D eigenvalue weighted by molar-refractivity contribution is 5.76. The standard InChI is InChI=1S/C16H13F3N2O/c1-10-5-6-13-14(7-10)21(15(22)20-13)9-11-3-2-4-12(8-11)16(17,18)19/h2-8H,9H2,1H3,(H,20,22). The van der Waals surface area contributed by atoms with Crippen molar-refractivity contribution in [1.82, 2.24) is 9.55 Å². The summed E-state index contributed by atoms with van der Waals surface area (Å²) in [5.41, 5.74) is 1.71. The minimum atomic E-state index is -4.39. The molecule has 0 fully saturated rings. The molecule has 2 aromatic carbocycles. The quantitative estimate of drug-likeness (QED) is 0.770. The molecule has 0 atom stereocenters. The number of halogens is 3. The molecule has 0 bridgehead atoms. The number of imidazole rings is 1. The van der Waals surface area contributed by atoms with Crippen LogP contribution in [0.15, 0.2) is 47.3 Å². The van der Waals surface area contributed by atoms with Crippen molar-refractivity contribution in [3.8, 4) is 0 Å². The number of benzene rings is 2. The van der Waals surface area contributed by atoms with Gasteiger partial charge in [0.25, 0.3) is 0 Å². The molecule has 1 N–H and O–H groups in total. The van der Waals surface area contributed by atoms with Gasteiger partial charge in [-0.15, -0.1) is 0 Å². The Labute approximate surface area is 124 Å². The zero-order valence-electron chi connectivity index (χ0n) is 11.7. The Kier molecular flexibility index (Phi) is 3.31. The molecule has 0 radical (unpaired) electrons. The predicted molar refractivity (Wildman–Crippen MR) is 77.8 cm³/mol. The topological polar surface area (TPSA) is 37.8 Å². The number of rotatable bonds is 2. The third kappa shape index (κ3) is 2.64. The van der Waals surface area contributed by atoms with Gasteiger partial charge in [-0.25, -0.2) is 4.79 Å². The molecule has 114 valence electrons. The van der Waals surface area contributed by atoms with E-state index in [1.807, 2.05) is 19.1 Å². The summed E-state index contributed by atoms with van der Waals surface area (Å²) in [4.78, 5) is 14.7. The Morgan fingerprint density at radius 2 is 1.91 bits per heavy atom. The number of alkyl halides is 3. The molecular formula is C16H13F3N2O. The molecule has 0 saturated heterocycles. The third-order valence-corrected chi connectivity index (χ3v) is 3.53. The summed E-state index contributed by atoms with van der Waals surface area (Å²) in [6, 6.07) is 10.5. The first kappa shape index (κ1) is 14.4. The summed E-state index contributed by atoms with van der Waals surface area (Å²) in [5.74, 6) is 0. The lowest BCUT2D eigenvalue weighted by Crippen LogP contribution is -2.17. The molecule has 3 nitrogen and oxygen atoms in total. The average Bonchev–Trinajstić information content (AvgIpc) is 2.75. The SMILES string of the molecule is Cc1ccc2[nH]c(=O)n(Cc3cccc(C(F)(F)F)c3)c2c1. The number of aromatic amines is 1. The van der Waals surface area contributed by atoms with Gasteiger partial charge in [-0.2, -0.15) is 13.2 Å². The molecule has 0 unspecified atom stereocenters. The zero-order chi connectivity index (χ0) is 15.9. The highest BCUT2D eigenvalue weighted by atomic mass is 19.4. The maximum absolute atomic E-state index is 12.8. The first-order chi connectivity index (χ1) is 10.3. The van der Waals surface area contributed by atoms with E-state index in [-0.39, 0.29) is 12.2 Å². The second kappa shape index (κ2) is 5.05. The van der Waals surface area contributed by atoms with Crippen molar-refractivity contribution in [1.29, 1.82) is 0 Å². The Morgan fingerprint density at radius 3 is 2.64 bits per heavy atom. The molecule has 1 heterocycles. The lowest BCUT2D eigenvalue weighted by molar-refractivity contribution is -0.137. The molecule has 0 aliphatic heterocycles. The minimum absolute atomic E-state index is 0.0895. The number of hydrogen-bond acceptors (Lipinski definition) is 1. The van der Waals surface area contributed by atoms with E-state index in [0.717, 1.165) is 17.7 Å². The summed E-state index contributed by atoms with van der Waals surface area (Å²) in [7, 11) is 0. The van der Waals surface area contributed by atoms with Gasteiger partial charge < -0.3 is 4.98 Å². The number of nitrogens with one attached hydrogen (secondary N) is 1. The fourth-order valence-electron chi connectivity index (χ4n) is 2.45. The van der Waals surface area contributed by atoms with Crippen molar-refractivity contribution in [3.05, 3.63) is 69.6 Å². The number of H-pyrrole nitrogens is 1. The van der Waals surface area contributed by atoms with Gasteiger partial charge in [0.2, 0.25) is 0 Å². The van der Waals surface area contributed by atoms with Crippen molar-refractivity contribution < 1.29 is 13.2 Å². The lowest BCUT2D eigenvalue weighted by atomic mass is 10.1. The van der Waals surface area contributed by atoms with E-state index in [9.17, 15) is 18.0 Å². The molecule has 22 heavy (non-hydrogen) atoms. The zero-order valence-corrected chi connectivity index (χ0v) is 11.7. The van der Waals surface area contributed by atoms with E-state index in [4.69, 9.17) is 0 Å². The van der Waals surface area contributed by atoms with E-state index in [0.29, 0.717) is 16.6 Å². The van der Waals surface area contributed by atoms with Crippen LogP contribution in [0.4, 0.5) is 13.2 Å². The van der Waals surface area contributed by atoms with Gasteiger partial charge in [-0.1, -0.05) is 18.2 Å². The molecule has 1 aromatic heterocycles. The summed E-state index contributed by atoms with van der Waals surface area (Å²) in [6.07, 6.45) is -4.39. The van der Waals surface area contributed by atoms with E-state index in [1.165, 1.54) is 10.6 Å². The van der Waals surface area contributed by atoms with Gasteiger partial charge in [0.15, 0.2) is 0 Å². The van der Waals surface area contributed by atoms with E-state index in [2.05, 4.69) is 4.98 Å². The second-order valence-electron chi connectivity index (χ2n) is 5.24. The molecule has 0 amide bonds. The molecule has 3 aromatic rings. The fraction of sp³-hybridized carbons (Fsp3) is 0.188. The smallest absolute Gasteiger partial charge is 0.306 e. The van der Waals surface area contributed by atoms with Crippen LogP contribution < -0.4 is 5.69 Å². The first-order valence-corrected chi connectivity index (χ1v) is 6.70. The van der Waals surface area contributed by atoms with Crippen molar-refractivity contribution in [2.75, 3.05) is 0 Å². The van der Waals surface area contributed by atoms with Crippen molar-refractivity contribution in [2.45, 2.75) is 19.6 Å². The Bertz CT molecular complexity index is 890. The number of aromatic nitrogens is 2. The fourth-order valence-corrected chi connectivity index (χ4v) is 2.45. The molecule has 0 saturated carbocycles. The molecule has 3 rings (SSSR count). The largest absolute Gasteiger partial charge is 0.416 e. The predicted octanol–water partition coefficient (Wildman–Crippen LogP) is 3.71. The summed E-state index contributed by atoms with van der Waals surface area (Å²) < 4.78 is 39.7. The molecule has 0 aliphatic carbocycles. The van der Waals surface area contributed by atoms with E-state index < -0.39 is 11.7 Å². The van der Waals surface area contributed by atoms with Crippen LogP contribution in [0.25, 0.3) is 11.0 Å². The normalized spacial score (nSPS) is 12.0. The van der Waals surface area contributed by atoms with E-state index >= 15 is 0 Å². The summed E-state index contributed by atoms with van der Waals surface area (Å²) >= 11 is 0. The van der Waals surface area contributed by atoms with Gasteiger partial charge >= 0.3 is 11.9 Å². The van der Waals surface area contributed by atoms with Gasteiger partial charge in [-0.3, -0.25) is 4.57 Å². The van der Waals surface area contributed by atoms with Crippen LogP contribution >= 0.6 is 0 Å². The van der Waals surface area contributed by atoms with Crippen molar-refractivity contribution in [2.24, 2.45) is 0 Å². The lowest BCUT2D eigenvalue weighted by Gasteiger charge is -2.09. The molecule has 6 heteroatoms. The second-order valence-corrected chi connectivity index (χ2v) is 5.24. The minimum Gasteiger partial charge on any atom is -0.306 e. The van der Waals surface area contributed by atoms with Gasteiger partial charge in [-0.05, 0) is 42.3 Å². The monoisotopic (exact) mass is 306 g/mol. The summed E-state index contributed by atoms with van der Waals surface area (Å²) in [5, 5.41) is 0. The average molecular weight is 306 g/mol. The maximum Gasteiger partial charge on any atom is 0.416 e. The first-order valence-electron chi connectivity index (χ1n) is 6.70. The van der Waals surface area contributed by atoms with Crippen LogP contribution in [-0.2, 0) is 12.7 Å². The van der Waals surface area contributed by atoms with Gasteiger partial charge in [0, 0.05) is 0 Å². The molecule has 0 aliphatic rings. The Hall–Kier alpha value is -2.50. The van der Waals surface area contributed by atoms with Crippen LogP contribution in [0.1, 0.15) is 16.7 Å². The van der Waals surface area contributed by atoms with E-state index in [1.54, 1.807) is 12.1 Å². The number of fused-ring (bicyclic) bond motifs is 1. The van der Waals surface area contributed by atoms with Crippen LogP contribution in [0.3, 0.4) is 0 Å². The van der Waals surface area contributed by atoms with Crippen LogP contribution in [-0.4, -0.2) is 9.55 Å².